The van der Waals surface area contributed by atoms with Gasteiger partial charge in [0, 0.05) is 10.0 Å². The van der Waals surface area contributed by atoms with Crippen molar-refractivity contribution in [2.75, 3.05) is 0 Å². The maximum Gasteiger partial charge on any atom is 0.345 e. The Kier molecular flexibility index (Phi) is 6.74. The predicted octanol–water partition coefficient (Wildman–Crippen LogP) is 5.22. The topological polar surface area (TPSA) is 67.8 Å². The number of nitrogens with zero attached hydrogens (tertiary/aromatic N) is 1. The molecule has 146 valence electrons. The molecule has 3 aromatic rings. The number of hydrazone groups is 1. The third-order valence-corrected chi connectivity index (χ3v) is 4.58. The molecular weight excluding hydrogens is 463 g/mol. The second-order valence-electron chi connectivity index (χ2n) is 5.73. The maximum atomic E-state index is 13.7. The molecule has 0 saturated carbocycles. The Morgan fingerprint density at radius 1 is 1.03 bits per heavy atom. The summed E-state index contributed by atoms with van der Waals surface area (Å²) in [6.07, 6.45) is 1.29. The molecule has 0 aliphatic rings. The smallest absolute Gasteiger partial charge is 0.345 e. The van der Waals surface area contributed by atoms with Crippen LogP contribution in [-0.4, -0.2) is 18.1 Å². The molecule has 0 spiro atoms. The van der Waals surface area contributed by atoms with Crippen molar-refractivity contribution in [1.82, 2.24) is 5.43 Å². The SMILES string of the molecule is O=C(N/N=C/c1cc(Br)ccc1OC(=O)c1ccccc1Cl)c1ccccc1F. The second kappa shape index (κ2) is 9.45. The van der Waals surface area contributed by atoms with Crippen molar-refractivity contribution in [3.8, 4) is 5.75 Å². The van der Waals surface area contributed by atoms with E-state index in [2.05, 4.69) is 26.5 Å². The zero-order valence-electron chi connectivity index (χ0n) is 14.7. The molecule has 0 radical (unpaired) electrons. The van der Waals surface area contributed by atoms with Crippen LogP contribution in [0.5, 0.6) is 5.75 Å². The van der Waals surface area contributed by atoms with Gasteiger partial charge in [-0.2, -0.15) is 5.10 Å². The Hall–Kier alpha value is -3.03. The summed E-state index contributed by atoms with van der Waals surface area (Å²) in [4.78, 5) is 24.4. The summed E-state index contributed by atoms with van der Waals surface area (Å²) in [6, 6.07) is 17.0. The summed E-state index contributed by atoms with van der Waals surface area (Å²) < 4.78 is 19.8. The Morgan fingerprint density at radius 3 is 2.45 bits per heavy atom. The third-order valence-electron chi connectivity index (χ3n) is 3.76. The van der Waals surface area contributed by atoms with E-state index in [0.717, 1.165) is 0 Å². The molecule has 0 unspecified atom stereocenters. The van der Waals surface area contributed by atoms with Gasteiger partial charge in [-0.3, -0.25) is 4.79 Å². The van der Waals surface area contributed by atoms with Crippen molar-refractivity contribution in [3.63, 3.8) is 0 Å². The summed E-state index contributed by atoms with van der Waals surface area (Å²) in [6.45, 7) is 0. The number of amides is 1. The van der Waals surface area contributed by atoms with E-state index in [1.807, 2.05) is 0 Å². The van der Waals surface area contributed by atoms with Crippen LogP contribution in [0.15, 0.2) is 76.3 Å². The van der Waals surface area contributed by atoms with Gasteiger partial charge in [0.1, 0.15) is 11.6 Å². The molecule has 1 amide bonds. The monoisotopic (exact) mass is 474 g/mol. The summed E-state index contributed by atoms with van der Waals surface area (Å²) in [5.74, 6) is -1.79. The molecule has 0 heterocycles. The lowest BCUT2D eigenvalue weighted by Gasteiger charge is -2.09. The molecule has 0 fully saturated rings. The molecule has 1 N–H and O–H groups in total. The lowest BCUT2D eigenvalue weighted by molar-refractivity contribution is 0.0734. The number of ether oxygens (including phenoxy) is 1. The first-order valence-corrected chi connectivity index (χ1v) is 9.47. The van der Waals surface area contributed by atoms with Gasteiger partial charge < -0.3 is 4.74 Å². The predicted molar refractivity (Wildman–Crippen MR) is 112 cm³/mol. The van der Waals surface area contributed by atoms with Crippen LogP contribution < -0.4 is 10.2 Å². The number of hydrogen-bond donors (Lipinski definition) is 1. The highest BCUT2D eigenvalue weighted by Gasteiger charge is 2.15. The highest BCUT2D eigenvalue weighted by atomic mass is 79.9. The van der Waals surface area contributed by atoms with Gasteiger partial charge in [0.2, 0.25) is 0 Å². The summed E-state index contributed by atoms with van der Waals surface area (Å²) in [5, 5.41) is 4.09. The molecule has 29 heavy (non-hydrogen) atoms. The third kappa shape index (κ3) is 5.28. The van der Waals surface area contributed by atoms with E-state index in [1.54, 1.807) is 48.5 Å². The van der Waals surface area contributed by atoms with E-state index in [4.69, 9.17) is 16.3 Å². The number of hydrogen-bond acceptors (Lipinski definition) is 4. The van der Waals surface area contributed by atoms with Gasteiger partial charge in [-0.05, 0) is 42.5 Å². The first kappa shape index (κ1) is 20.7. The van der Waals surface area contributed by atoms with Crippen molar-refractivity contribution < 1.29 is 18.7 Å². The normalized spacial score (nSPS) is 10.7. The fourth-order valence-corrected chi connectivity index (χ4v) is 2.95. The summed E-state index contributed by atoms with van der Waals surface area (Å²) in [5.41, 5.74) is 2.73. The Morgan fingerprint density at radius 2 is 1.72 bits per heavy atom. The average Bonchev–Trinajstić information content (AvgIpc) is 2.70. The molecule has 0 aromatic heterocycles. The van der Waals surface area contributed by atoms with E-state index in [-0.39, 0.29) is 21.9 Å². The van der Waals surface area contributed by atoms with E-state index >= 15 is 0 Å². The first-order chi connectivity index (χ1) is 14.0. The van der Waals surface area contributed by atoms with Crippen LogP contribution in [0.3, 0.4) is 0 Å². The minimum Gasteiger partial charge on any atom is -0.422 e. The van der Waals surface area contributed by atoms with Crippen molar-refractivity contribution in [1.29, 1.82) is 0 Å². The number of esters is 1. The molecule has 0 atom stereocenters. The quantitative estimate of drug-likeness (QED) is 0.238. The summed E-state index contributed by atoms with van der Waals surface area (Å²) in [7, 11) is 0. The minimum atomic E-state index is -0.705. The minimum absolute atomic E-state index is 0.135. The standard InChI is InChI=1S/C21H13BrClFN2O3/c22-14-9-10-19(29-21(28)15-5-1-3-7-17(15)23)13(11-14)12-25-26-20(27)16-6-2-4-8-18(16)24/h1-12H,(H,26,27)/b25-12+. The van der Waals surface area contributed by atoms with Gasteiger partial charge in [-0.1, -0.05) is 51.8 Å². The average molecular weight is 476 g/mol. The second-order valence-corrected chi connectivity index (χ2v) is 7.05. The summed E-state index contributed by atoms with van der Waals surface area (Å²) >= 11 is 9.35. The van der Waals surface area contributed by atoms with Crippen LogP contribution in [0.2, 0.25) is 5.02 Å². The van der Waals surface area contributed by atoms with Gasteiger partial charge in [0.15, 0.2) is 0 Å². The van der Waals surface area contributed by atoms with Crippen LogP contribution in [-0.2, 0) is 0 Å². The molecule has 0 aliphatic carbocycles. The van der Waals surface area contributed by atoms with Crippen LogP contribution in [0.25, 0.3) is 0 Å². The van der Waals surface area contributed by atoms with Gasteiger partial charge in [-0.15, -0.1) is 0 Å². The molecule has 5 nitrogen and oxygen atoms in total. The Bertz CT molecular complexity index is 1100. The number of carbonyl (C=O) groups is 2. The van der Waals surface area contributed by atoms with Gasteiger partial charge in [0.05, 0.1) is 22.4 Å². The van der Waals surface area contributed by atoms with Crippen LogP contribution in [0, 0.1) is 5.82 Å². The molecule has 0 bridgehead atoms. The van der Waals surface area contributed by atoms with E-state index in [0.29, 0.717) is 10.0 Å². The number of benzene rings is 3. The largest absolute Gasteiger partial charge is 0.422 e. The molecule has 3 aromatic carbocycles. The van der Waals surface area contributed by atoms with Crippen LogP contribution >= 0.6 is 27.5 Å². The number of carbonyl (C=O) groups excluding carboxylic acids is 2. The number of nitrogens with one attached hydrogen (secondary N) is 1. The molecule has 8 heteroatoms. The first-order valence-electron chi connectivity index (χ1n) is 8.30. The number of rotatable bonds is 5. The van der Waals surface area contributed by atoms with Gasteiger partial charge in [0.25, 0.3) is 5.91 Å². The van der Waals surface area contributed by atoms with Gasteiger partial charge >= 0.3 is 5.97 Å². The molecule has 0 saturated heterocycles. The lowest BCUT2D eigenvalue weighted by atomic mass is 10.2. The zero-order valence-corrected chi connectivity index (χ0v) is 17.1. The highest BCUT2D eigenvalue weighted by Crippen LogP contribution is 2.24. The fraction of sp³-hybridized carbons (Fsp3) is 0. The van der Waals surface area contributed by atoms with Crippen molar-refractivity contribution in [3.05, 3.63) is 98.7 Å². The van der Waals surface area contributed by atoms with Crippen LogP contribution in [0.1, 0.15) is 26.3 Å². The zero-order chi connectivity index (χ0) is 20.8. The maximum absolute atomic E-state index is 13.7. The molecule has 3 rings (SSSR count). The van der Waals surface area contributed by atoms with E-state index < -0.39 is 17.7 Å². The lowest BCUT2D eigenvalue weighted by Crippen LogP contribution is -2.19. The van der Waals surface area contributed by atoms with Crippen LogP contribution in [0.4, 0.5) is 4.39 Å². The highest BCUT2D eigenvalue weighted by molar-refractivity contribution is 9.10. The van der Waals surface area contributed by atoms with Crippen molar-refractivity contribution in [2.24, 2.45) is 5.10 Å². The van der Waals surface area contributed by atoms with E-state index in [1.165, 1.54) is 24.4 Å². The fourth-order valence-electron chi connectivity index (χ4n) is 2.36. The molecular formula is C21H13BrClFN2O3. The molecule has 0 aliphatic heterocycles. The Labute approximate surface area is 179 Å². The number of halogens is 3. The van der Waals surface area contributed by atoms with Crippen molar-refractivity contribution >= 4 is 45.6 Å². The van der Waals surface area contributed by atoms with Crippen molar-refractivity contribution in [2.45, 2.75) is 0 Å². The Balaban J connectivity index is 1.77. The van der Waals surface area contributed by atoms with E-state index in [9.17, 15) is 14.0 Å². The van der Waals surface area contributed by atoms with Gasteiger partial charge in [-0.25, -0.2) is 14.6 Å².